The number of benzene rings is 1. The summed E-state index contributed by atoms with van der Waals surface area (Å²) in [5.74, 6) is 0.203. The quantitative estimate of drug-likeness (QED) is 0.873. The number of alkyl halides is 2. The van der Waals surface area contributed by atoms with Crippen LogP contribution >= 0.6 is 0 Å². The van der Waals surface area contributed by atoms with Gasteiger partial charge in [0.25, 0.3) is 0 Å². The smallest absolute Gasteiger partial charge is 0.387 e. The van der Waals surface area contributed by atoms with Crippen LogP contribution in [-0.4, -0.2) is 37.7 Å². The van der Waals surface area contributed by atoms with Gasteiger partial charge < -0.3 is 15.0 Å². The van der Waals surface area contributed by atoms with Crippen LogP contribution in [0.15, 0.2) is 24.3 Å². The van der Waals surface area contributed by atoms with Gasteiger partial charge in [0.15, 0.2) is 0 Å². The van der Waals surface area contributed by atoms with Crippen LogP contribution in [0.2, 0.25) is 0 Å². The number of hydrogen-bond acceptors (Lipinski definition) is 3. The van der Waals surface area contributed by atoms with E-state index in [-0.39, 0.29) is 5.75 Å². The zero-order valence-corrected chi connectivity index (χ0v) is 10.4. The van der Waals surface area contributed by atoms with Crippen LogP contribution in [0.25, 0.3) is 0 Å². The Morgan fingerprint density at radius 3 is 2.67 bits per heavy atom. The molecule has 1 unspecified atom stereocenters. The molecule has 1 aliphatic rings. The third kappa shape index (κ3) is 3.92. The molecule has 0 radical (unpaired) electrons. The Bertz CT molecular complexity index is 370. The highest BCUT2D eigenvalue weighted by Gasteiger charge is 2.18. The fraction of sp³-hybridized carbons (Fsp3) is 0.538. The molecule has 1 fully saturated rings. The lowest BCUT2D eigenvalue weighted by Crippen LogP contribution is -2.30. The van der Waals surface area contributed by atoms with Gasteiger partial charge in [0, 0.05) is 19.1 Å². The maximum Gasteiger partial charge on any atom is 0.387 e. The molecule has 18 heavy (non-hydrogen) atoms. The van der Waals surface area contributed by atoms with Crippen LogP contribution in [-0.2, 0) is 6.54 Å². The van der Waals surface area contributed by atoms with E-state index in [1.807, 2.05) is 12.1 Å². The van der Waals surface area contributed by atoms with Crippen molar-refractivity contribution in [3.05, 3.63) is 29.8 Å². The van der Waals surface area contributed by atoms with E-state index in [9.17, 15) is 8.78 Å². The molecule has 1 atom stereocenters. The minimum Gasteiger partial charge on any atom is -0.435 e. The van der Waals surface area contributed by atoms with Gasteiger partial charge in [0.05, 0.1) is 0 Å². The lowest BCUT2D eigenvalue weighted by Gasteiger charge is -2.13. The number of halogens is 2. The summed E-state index contributed by atoms with van der Waals surface area (Å²) in [7, 11) is 2.11. The van der Waals surface area contributed by atoms with Crippen LogP contribution in [0.4, 0.5) is 8.78 Å². The molecule has 0 aliphatic carbocycles. The second-order valence-corrected chi connectivity index (χ2v) is 4.65. The van der Waals surface area contributed by atoms with Gasteiger partial charge in [0.1, 0.15) is 5.75 Å². The zero-order valence-electron chi connectivity index (χ0n) is 10.4. The van der Waals surface area contributed by atoms with Crippen molar-refractivity contribution >= 4 is 0 Å². The third-order valence-electron chi connectivity index (χ3n) is 3.13. The average Bonchev–Trinajstić information content (AvgIpc) is 2.74. The number of hydrogen-bond donors (Lipinski definition) is 1. The van der Waals surface area contributed by atoms with E-state index in [0.717, 1.165) is 31.6 Å². The van der Waals surface area contributed by atoms with E-state index >= 15 is 0 Å². The average molecular weight is 256 g/mol. The Labute approximate surface area is 106 Å². The summed E-state index contributed by atoms with van der Waals surface area (Å²) >= 11 is 0. The van der Waals surface area contributed by atoms with Gasteiger partial charge in [-0.05, 0) is 37.7 Å². The second kappa shape index (κ2) is 6.11. The van der Waals surface area contributed by atoms with Gasteiger partial charge in [-0.25, -0.2) is 0 Å². The van der Waals surface area contributed by atoms with Crippen molar-refractivity contribution in [2.24, 2.45) is 0 Å². The minimum atomic E-state index is -2.76. The van der Waals surface area contributed by atoms with Crippen molar-refractivity contribution in [2.75, 3.05) is 20.1 Å². The molecule has 1 saturated heterocycles. The zero-order chi connectivity index (χ0) is 13.0. The Morgan fingerprint density at radius 1 is 1.39 bits per heavy atom. The standard InChI is InChI=1S/C13H18F2N2O/c1-17-7-6-11(9-17)16-8-10-2-4-12(5-3-10)18-13(14)15/h2-5,11,13,16H,6-9H2,1H3. The van der Waals surface area contributed by atoms with Crippen molar-refractivity contribution in [3.63, 3.8) is 0 Å². The molecule has 1 aromatic carbocycles. The first-order chi connectivity index (χ1) is 8.63. The van der Waals surface area contributed by atoms with Crippen LogP contribution < -0.4 is 10.1 Å². The normalized spacial score (nSPS) is 20.6. The number of rotatable bonds is 5. The van der Waals surface area contributed by atoms with Crippen molar-refractivity contribution < 1.29 is 13.5 Å². The van der Waals surface area contributed by atoms with Crippen LogP contribution in [0.3, 0.4) is 0 Å². The van der Waals surface area contributed by atoms with Crippen molar-refractivity contribution in [2.45, 2.75) is 25.6 Å². The maximum atomic E-state index is 12.0. The largest absolute Gasteiger partial charge is 0.435 e. The number of ether oxygens (including phenoxy) is 1. The summed E-state index contributed by atoms with van der Waals surface area (Å²) in [6.07, 6.45) is 1.16. The summed E-state index contributed by atoms with van der Waals surface area (Å²) in [5, 5.41) is 3.46. The Kier molecular flexibility index (Phi) is 4.49. The summed E-state index contributed by atoms with van der Waals surface area (Å²) in [6, 6.07) is 7.28. The van der Waals surface area contributed by atoms with Gasteiger partial charge in [-0.3, -0.25) is 0 Å². The Hall–Kier alpha value is -1.20. The van der Waals surface area contributed by atoms with E-state index in [2.05, 4.69) is 22.0 Å². The Balaban J connectivity index is 1.79. The second-order valence-electron chi connectivity index (χ2n) is 4.65. The first-order valence-corrected chi connectivity index (χ1v) is 6.09. The first kappa shape index (κ1) is 13.2. The topological polar surface area (TPSA) is 24.5 Å². The van der Waals surface area contributed by atoms with Gasteiger partial charge >= 0.3 is 6.61 Å². The van der Waals surface area contributed by atoms with Gasteiger partial charge in [-0.2, -0.15) is 8.78 Å². The molecule has 0 spiro atoms. The van der Waals surface area contributed by atoms with E-state index in [0.29, 0.717) is 6.04 Å². The highest BCUT2D eigenvalue weighted by atomic mass is 19.3. The number of nitrogens with zero attached hydrogens (tertiary/aromatic N) is 1. The molecule has 0 aromatic heterocycles. The van der Waals surface area contributed by atoms with Crippen LogP contribution in [0, 0.1) is 0 Å². The molecule has 0 bridgehead atoms. The summed E-state index contributed by atoms with van der Waals surface area (Å²) in [6.45, 7) is 0.182. The lowest BCUT2D eigenvalue weighted by atomic mass is 10.2. The molecule has 0 saturated carbocycles. The predicted octanol–water partition coefficient (Wildman–Crippen LogP) is 2.08. The number of likely N-dealkylation sites (tertiary alicyclic amines) is 1. The highest BCUT2D eigenvalue weighted by Crippen LogP contribution is 2.15. The summed E-state index contributed by atoms with van der Waals surface area (Å²) in [5.41, 5.74) is 1.08. The molecule has 2 rings (SSSR count). The molecule has 1 aromatic rings. The van der Waals surface area contributed by atoms with E-state index in [1.165, 1.54) is 0 Å². The fourth-order valence-electron chi connectivity index (χ4n) is 2.15. The molecule has 0 amide bonds. The summed E-state index contributed by atoms with van der Waals surface area (Å²) < 4.78 is 28.2. The lowest BCUT2D eigenvalue weighted by molar-refractivity contribution is -0.0498. The predicted molar refractivity (Wildman–Crippen MR) is 65.8 cm³/mol. The molecular weight excluding hydrogens is 238 g/mol. The van der Waals surface area contributed by atoms with Gasteiger partial charge in [0.2, 0.25) is 0 Å². The monoisotopic (exact) mass is 256 g/mol. The Morgan fingerprint density at radius 2 is 2.11 bits per heavy atom. The third-order valence-corrected chi connectivity index (χ3v) is 3.13. The number of nitrogens with one attached hydrogen (secondary N) is 1. The molecule has 3 nitrogen and oxygen atoms in total. The molecule has 100 valence electrons. The first-order valence-electron chi connectivity index (χ1n) is 6.09. The van der Waals surface area contributed by atoms with Crippen molar-refractivity contribution in [3.8, 4) is 5.75 Å². The minimum absolute atomic E-state index is 0.203. The SMILES string of the molecule is CN1CCC(NCc2ccc(OC(F)F)cc2)C1. The maximum absolute atomic E-state index is 12.0. The number of likely N-dealkylation sites (N-methyl/N-ethyl adjacent to an activating group) is 1. The molecular formula is C13H18F2N2O. The highest BCUT2D eigenvalue weighted by molar-refractivity contribution is 5.27. The molecule has 1 aliphatic heterocycles. The van der Waals surface area contributed by atoms with E-state index in [4.69, 9.17) is 0 Å². The molecule has 5 heteroatoms. The van der Waals surface area contributed by atoms with Gasteiger partial charge in [-0.15, -0.1) is 0 Å². The van der Waals surface area contributed by atoms with Crippen LogP contribution in [0.1, 0.15) is 12.0 Å². The van der Waals surface area contributed by atoms with Crippen molar-refractivity contribution in [1.82, 2.24) is 10.2 Å². The van der Waals surface area contributed by atoms with Crippen LogP contribution in [0.5, 0.6) is 5.75 Å². The molecule has 1 heterocycles. The van der Waals surface area contributed by atoms with Gasteiger partial charge in [-0.1, -0.05) is 12.1 Å². The molecule has 1 N–H and O–H groups in total. The van der Waals surface area contributed by atoms with Crippen molar-refractivity contribution in [1.29, 1.82) is 0 Å². The fourth-order valence-corrected chi connectivity index (χ4v) is 2.15. The van der Waals surface area contributed by atoms with E-state index < -0.39 is 6.61 Å². The van der Waals surface area contributed by atoms with E-state index in [1.54, 1.807) is 12.1 Å². The summed E-state index contributed by atoms with van der Waals surface area (Å²) in [4.78, 5) is 2.29.